The summed E-state index contributed by atoms with van der Waals surface area (Å²) in [6, 6.07) is 7.61. The van der Waals surface area contributed by atoms with E-state index in [9.17, 15) is 9.59 Å². The highest BCUT2D eigenvalue weighted by molar-refractivity contribution is 5.79. The van der Waals surface area contributed by atoms with Crippen LogP contribution in [0, 0.1) is 5.92 Å². The molecule has 1 aromatic heterocycles. The molecule has 2 aliphatic rings. The highest BCUT2D eigenvalue weighted by Crippen LogP contribution is 2.26. The molecule has 0 saturated heterocycles. The van der Waals surface area contributed by atoms with Crippen LogP contribution in [0.5, 0.6) is 5.75 Å². The Morgan fingerprint density at radius 2 is 2.00 bits per heavy atom. The number of fused-ring (bicyclic) bond motifs is 1. The number of benzene rings is 1. The molecular formula is C22H28N4O3. The zero-order valence-electron chi connectivity index (χ0n) is 17.1. The van der Waals surface area contributed by atoms with Gasteiger partial charge in [0, 0.05) is 25.9 Å². The third-order valence-electron chi connectivity index (χ3n) is 6.11. The number of carbonyl (C=O) groups is 2. The number of nitrogens with one attached hydrogen (secondary N) is 1. The van der Waals surface area contributed by atoms with Crippen molar-refractivity contribution in [2.45, 2.75) is 45.2 Å². The average molecular weight is 396 g/mol. The van der Waals surface area contributed by atoms with Crippen LogP contribution in [-0.2, 0) is 42.6 Å². The fraction of sp³-hybridized carbons (Fsp3) is 0.500. The summed E-state index contributed by atoms with van der Waals surface area (Å²) >= 11 is 0. The monoisotopic (exact) mass is 396 g/mol. The lowest BCUT2D eigenvalue weighted by molar-refractivity contribution is -0.131. The molecule has 7 nitrogen and oxygen atoms in total. The molecule has 0 atom stereocenters. The molecule has 1 N–H and O–H groups in total. The van der Waals surface area contributed by atoms with Gasteiger partial charge in [-0.2, -0.15) is 0 Å². The molecule has 1 fully saturated rings. The van der Waals surface area contributed by atoms with E-state index in [1.807, 2.05) is 40.8 Å². The summed E-state index contributed by atoms with van der Waals surface area (Å²) in [5, 5.41) is 3.01. The summed E-state index contributed by atoms with van der Waals surface area (Å²) in [6.45, 7) is 1.68. The highest BCUT2D eigenvalue weighted by atomic mass is 16.5. The Morgan fingerprint density at radius 1 is 1.24 bits per heavy atom. The Kier molecular flexibility index (Phi) is 5.56. The van der Waals surface area contributed by atoms with Gasteiger partial charge < -0.3 is 19.5 Å². The fourth-order valence-corrected chi connectivity index (χ4v) is 3.92. The van der Waals surface area contributed by atoms with E-state index in [4.69, 9.17) is 9.72 Å². The van der Waals surface area contributed by atoms with Gasteiger partial charge in [0.2, 0.25) is 11.8 Å². The third kappa shape index (κ3) is 4.13. The van der Waals surface area contributed by atoms with Gasteiger partial charge in [-0.15, -0.1) is 0 Å². The molecule has 1 saturated carbocycles. The topological polar surface area (TPSA) is 76.5 Å². The lowest BCUT2D eigenvalue weighted by Crippen LogP contribution is -2.37. The number of nitrogens with zero attached hydrogens (tertiary/aromatic N) is 3. The minimum absolute atomic E-state index is 0.113. The lowest BCUT2D eigenvalue weighted by atomic mass is 9.85. The first-order chi connectivity index (χ1) is 14.0. The third-order valence-corrected chi connectivity index (χ3v) is 6.11. The number of carbonyl (C=O) groups excluding carboxylic acids is 2. The molecule has 2 amide bonds. The van der Waals surface area contributed by atoms with Crippen molar-refractivity contribution in [2.24, 2.45) is 13.0 Å². The predicted molar refractivity (Wildman–Crippen MR) is 108 cm³/mol. The normalized spacial score (nSPS) is 16.1. The van der Waals surface area contributed by atoms with Crippen LogP contribution in [0.4, 0.5) is 0 Å². The molecule has 4 rings (SSSR count). The summed E-state index contributed by atoms with van der Waals surface area (Å²) in [5.41, 5.74) is 3.08. The second kappa shape index (κ2) is 8.27. The van der Waals surface area contributed by atoms with Crippen molar-refractivity contribution in [1.82, 2.24) is 19.8 Å². The maximum atomic E-state index is 12.8. The van der Waals surface area contributed by atoms with Crippen LogP contribution >= 0.6 is 0 Å². The van der Waals surface area contributed by atoms with Crippen molar-refractivity contribution < 1.29 is 14.3 Å². The van der Waals surface area contributed by atoms with Gasteiger partial charge >= 0.3 is 0 Å². The Hall–Kier alpha value is -2.83. The number of methoxy groups -OCH3 is 1. The Balaban J connectivity index is 1.37. The molecule has 29 heavy (non-hydrogen) atoms. The van der Waals surface area contributed by atoms with Gasteiger partial charge in [0.25, 0.3) is 0 Å². The van der Waals surface area contributed by atoms with Crippen molar-refractivity contribution in [2.75, 3.05) is 13.7 Å². The first-order valence-electron chi connectivity index (χ1n) is 10.3. The first kappa shape index (κ1) is 19.5. The van der Waals surface area contributed by atoms with E-state index >= 15 is 0 Å². The predicted octanol–water partition coefficient (Wildman–Crippen LogP) is 1.97. The van der Waals surface area contributed by atoms with Crippen LogP contribution in [0.1, 0.15) is 42.0 Å². The number of hydrogen-bond donors (Lipinski definition) is 1. The zero-order valence-corrected chi connectivity index (χ0v) is 17.1. The minimum atomic E-state index is 0.113. The van der Waals surface area contributed by atoms with Gasteiger partial charge in [0.15, 0.2) is 0 Å². The molecule has 7 heteroatoms. The van der Waals surface area contributed by atoms with Gasteiger partial charge in [0.05, 0.1) is 38.0 Å². The number of amides is 2. The number of rotatable bonds is 6. The van der Waals surface area contributed by atoms with Crippen molar-refractivity contribution in [3.8, 4) is 5.75 Å². The molecule has 0 unspecified atom stereocenters. The smallest absolute Gasteiger partial charge is 0.227 e. The van der Waals surface area contributed by atoms with Crippen molar-refractivity contribution in [3.63, 3.8) is 0 Å². The second-order valence-electron chi connectivity index (χ2n) is 7.92. The fourth-order valence-electron chi connectivity index (χ4n) is 3.92. The maximum absolute atomic E-state index is 12.8. The van der Waals surface area contributed by atoms with Crippen LogP contribution in [-0.4, -0.2) is 39.9 Å². The average Bonchev–Trinajstić information content (AvgIpc) is 3.01. The summed E-state index contributed by atoms with van der Waals surface area (Å²) in [7, 11) is 3.60. The van der Waals surface area contributed by atoms with E-state index in [0.29, 0.717) is 26.1 Å². The SMILES string of the molecule is COc1ccc(CC(=O)N2CCc3nc(CNC(=O)C4CCC4)n(C)c3C2)cc1. The summed E-state index contributed by atoms with van der Waals surface area (Å²) < 4.78 is 7.20. The van der Waals surface area contributed by atoms with Crippen molar-refractivity contribution in [1.29, 1.82) is 0 Å². The van der Waals surface area contributed by atoms with E-state index in [0.717, 1.165) is 54.2 Å². The van der Waals surface area contributed by atoms with Crippen LogP contribution < -0.4 is 10.1 Å². The van der Waals surface area contributed by atoms with E-state index in [-0.39, 0.29) is 17.7 Å². The molecule has 1 aliphatic carbocycles. The van der Waals surface area contributed by atoms with E-state index in [1.165, 1.54) is 0 Å². The van der Waals surface area contributed by atoms with Gasteiger partial charge in [0.1, 0.15) is 11.6 Å². The van der Waals surface area contributed by atoms with Crippen molar-refractivity contribution >= 4 is 11.8 Å². The molecule has 1 aliphatic heterocycles. The Labute approximate surface area is 171 Å². The summed E-state index contributed by atoms with van der Waals surface area (Å²) in [4.78, 5) is 31.5. The summed E-state index contributed by atoms with van der Waals surface area (Å²) in [6.07, 6.45) is 4.26. The highest BCUT2D eigenvalue weighted by Gasteiger charge is 2.27. The number of ether oxygens (including phenoxy) is 1. The molecule has 0 radical (unpaired) electrons. The molecule has 154 valence electrons. The van der Waals surface area contributed by atoms with E-state index < -0.39 is 0 Å². The molecule has 0 bridgehead atoms. The number of hydrogen-bond acceptors (Lipinski definition) is 4. The summed E-state index contributed by atoms with van der Waals surface area (Å²) in [5.74, 6) is 2.06. The minimum Gasteiger partial charge on any atom is -0.497 e. The molecular weight excluding hydrogens is 368 g/mol. The Morgan fingerprint density at radius 3 is 2.66 bits per heavy atom. The second-order valence-corrected chi connectivity index (χ2v) is 7.92. The maximum Gasteiger partial charge on any atom is 0.227 e. The van der Waals surface area contributed by atoms with Gasteiger partial charge in [-0.05, 0) is 30.5 Å². The molecule has 2 heterocycles. The van der Waals surface area contributed by atoms with Gasteiger partial charge in [-0.25, -0.2) is 4.98 Å². The van der Waals surface area contributed by atoms with Gasteiger partial charge in [-0.1, -0.05) is 18.6 Å². The van der Waals surface area contributed by atoms with Crippen LogP contribution in [0.15, 0.2) is 24.3 Å². The zero-order chi connectivity index (χ0) is 20.4. The first-order valence-corrected chi connectivity index (χ1v) is 10.3. The molecule has 2 aromatic rings. The number of imidazole rings is 1. The molecule has 0 spiro atoms. The Bertz CT molecular complexity index is 900. The van der Waals surface area contributed by atoms with E-state index in [2.05, 4.69) is 5.32 Å². The molecule has 1 aromatic carbocycles. The standard InChI is InChI=1S/C22H28N4O3/c1-25-19-14-26(21(27)12-15-6-8-17(29-2)9-7-15)11-10-18(19)24-20(25)13-23-22(28)16-4-3-5-16/h6-9,16H,3-5,10-14H2,1-2H3,(H,23,28). The number of aromatic nitrogens is 2. The van der Waals surface area contributed by atoms with Crippen molar-refractivity contribution in [3.05, 3.63) is 47.0 Å². The van der Waals surface area contributed by atoms with Crippen LogP contribution in [0.3, 0.4) is 0 Å². The largest absolute Gasteiger partial charge is 0.497 e. The quantitative estimate of drug-likeness (QED) is 0.810. The van der Waals surface area contributed by atoms with E-state index in [1.54, 1.807) is 7.11 Å². The van der Waals surface area contributed by atoms with Crippen LogP contribution in [0.2, 0.25) is 0 Å². The lowest BCUT2D eigenvalue weighted by Gasteiger charge is -2.27. The van der Waals surface area contributed by atoms with Gasteiger partial charge in [-0.3, -0.25) is 9.59 Å². The van der Waals surface area contributed by atoms with Crippen LogP contribution in [0.25, 0.3) is 0 Å².